The summed E-state index contributed by atoms with van der Waals surface area (Å²) in [6.45, 7) is 1.33. The molecule has 3 aromatic rings. The Bertz CT molecular complexity index is 833. The SMILES string of the molecule is CC(=O)Oc1ccccc1-c1cnc2ccc(F)cc2n1. The topological polar surface area (TPSA) is 52.1 Å². The van der Waals surface area contributed by atoms with E-state index in [9.17, 15) is 9.18 Å². The number of hydrogen-bond donors (Lipinski definition) is 0. The normalized spacial score (nSPS) is 10.6. The van der Waals surface area contributed by atoms with Gasteiger partial charge in [0.1, 0.15) is 11.6 Å². The molecular formula is C16H11FN2O2. The average Bonchev–Trinajstić information content (AvgIpc) is 2.46. The molecule has 0 aliphatic heterocycles. The summed E-state index contributed by atoms with van der Waals surface area (Å²) in [6.07, 6.45) is 1.57. The fourth-order valence-electron chi connectivity index (χ4n) is 2.04. The van der Waals surface area contributed by atoms with E-state index in [1.807, 2.05) is 0 Å². The average molecular weight is 282 g/mol. The number of benzene rings is 2. The van der Waals surface area contributed by atoms with Crippen molar-refractivity contribution in [3.63, 3.8) is 0 Å². The Morgan fingerprint density at radius 2 is 1.95 bits per heavy atom. The summed E-state index contributed by atoms with van der Waals surface area (Å²) in [5.74, 6) is -0.389. The van der Waals surface area contributed by atoms with Gasteiger partial charge < -0.3 is 4.74 Å². The second-order valence-electron chi connectivity index (χ2n) is 4.48. The fraction of sp³-hybridized carbons (Fsp3) is 0.0625. The Morgan fingerprint density at radius 3 is 2.76 bits per heavy atom. The van der Waals surface area contributed by atoms with Crippen LogP contribution in [0.25, 0.3) is 22.3 Å². The summed E-state index contributed by atoms with van der Waals surface area (Å²) >= 11 is 0. The molecule has 4 nitrogen and oxygen atoms in total. The second-order valence-corrected chi connectivity index (χ2v) is 4.48. The van der Waals surface area contributed by atoms with Gasteiger partial charge in [0, 0.05) is 18.6 Å². The van der Waals surface area contributed by atoms with Crippen molar-refractivity contribution in [3.05, 3.63) is 54.5 Å². The lowest BCUT2D eigenvalue weighted by Crippen LogP contribution is -2.03. The molecule has 0 saturated heterocycles. The molecular weight excluding hydrogens is 271 g/mol. The van der Waals surface area contributed by atoms with Crippen LogP contribution in [0.5, 0.6) is 5.75 Å². The van der Waals surface area contributed by atoms with Crippen molar-refractivity contribution in [1.29, 1.82) is 0 Å². The van der Waals surface area contributed by atoms with Gasteiger partial charge in [-0.2, -0.15) is 0 Å². The third-order valence-electron chi connectivity index (χ3n) is 2.92. The van der Waals surface area contributed by atoms with Crippen LogP contribution in [0.3, 0.4) is 0 Å². The summed E-state index contributed by atoms with van der Waals surface area (Å²) < 4.78 is 18.4. The number of esters is 1. The predicted octanol–water partition coefficient (Wildman–Crippen LogP) is 3.36. The summed E-state index contributed by atoms with van der Waals surface area (Å²) in [5, 5.41) is 0. The monoisotopic (exact) mass is 282 g/mol. The first-order chi connectivity index (χ1) is 10.1. The van der Waals surface area contributed by atoms with Crippen LogP contribution in [-0.4, -0.2) is 15.9 Å². The molecule has 21 heavy (non-hydrogen) atoms. The maximum Gasteiger partial charge on any atom is 0.308 e. The zero-order valence-electron chi connectivity index (χ0n) is 11.2. The number of nitrogens with zero attached hydrogens (tertiary/aromatic N) is 2. The number of aromatic nitrogens is 2. The van der Waals surface area contributed by atoms with Crippen molar-refractivity contribution in [2.75, 3.05) is 0 Å². The molecule has 0 N–H and O–H groups in total. The first kappa shape index (κ1) is 13.2. The van der Waals surface area contributed by atoms with Gasteiger partial charge in [0.15, 0.2) is 0 Å². The van der Waals surface area contributed by atoms with Gasteiger partial charge in [0.25, 0.3) is 0 Å². The van der Waals surface area contributed by atoms with Crippen LogP contribution < -0.4 is 4.74 Å². The van der Waals surface area contributed by atoms with E-state index in [1.165, 1.54) is 19.1 Å². The molecule has 0 spiro atoms. The molecule has 0 atom stereocenters. The van der Waals surface area contributed by atoms with Crippen molar-refractivity contribution in [1.82, 2.24) is 9.97 Å². The third-order valence-corrected chi connectivity index (χ3v) is 2.92. The minimum Gasteiger partial charge on any atom is -0.426 e. The highest BCUT2D eigenvalue weighted by Crippen LogP contribution is 2.29. The number of rotatable bonds is 2. The molecule has 0 bridgehead atoms. The van der Waals surface area contributed by atoms with Crippen LogP contribution in [-0.2, 0) is 4.79 Å². The Labute approximate surface area is 120 Å². The molecule has 5 heteroatoms. The number of ether oxygens (including phenoxy) is 1. The summed E-state index contributed by atoms with van der Waals surface area (Å²) in [5.41, 5.74) is 2.20. The lowest BCUT2D eigenvalue weighted by molar-refractivity contribution is -0.131. The lowest BCUT2D eigenvalue weighted by atomic mass is 10.1. The second kappa shape index (κ2) is 5.28. The van der Waals surface area contributed by atoms with Gasteiger partial charge in [-0.05, 0) is 24.3 Å². The highest BCUT2D eigenvalue weighted by atomic mass is 19.1. The van der Waals surface area contributed by atoms with E-state index >= 15 is 0 Å². The molecule has 1 heterocycles. The van der Waals surface area contributed by atoms with E-state index in [4.69, 9.17) is 4.74 Å². The lowest BCUT2D eigenvalue weighted by Gasteiger charge is -2.08. The number of para-hydroxylation sites is 1. The van der Waals surface area contributed by atoms with Crippen molar-refractivity contribution in [3.8, 4) is 17.0 Å². The van der Waals surface area contributed by atoms with E-state index in [2.05, 4.69) is 9.97 Å². The predicted molar refractivity (Wildman–Crippen MR) is 76.2 cm³/mol. The van der Waals surface area contributed by atoms with Crippen LogP contribution in [0, 0.1) is 5.82 Å². The Morgan fingerprint density at radius 1 is 1.14 bits per heavy atom. The van der Waals surface area contributed by atoms with Crippen molar-refractivity contribution in [2.45, 2.75) is 6.92 Å². The van der Waals surface area contributed by atoms with E-state index < -0.39 is 5.97 Å². The number of hydrogen-bond acceptors (Lipinski definition) is 4. The standard InChI is InChI=1S/C16H11FN2O2/c1-10(20)21-16-5-3-2-4-12(16)15-9-18-13-7-6-11(17)8-14(13)19-15/h2-9H,1H3. The van der Waals surface area contributed by atoms with Crippen molar-refractivity contribution < 1.29 is 13.9 Å². The Balaban J connectivity index is 2.14. The van der Waals surface area contributed by atoms with E-state index in [1.54, 1.807) is 36.5 Å². The van der Waals surface area contributed by atoms with Gasteiger partial charge in [0.2, 0.25) is 0 Å². The Hall–Kier alpha value is -2.82. The van der Waals surface area contributed by atoms with Crippen LogP contribution in [0.1, 0.15) is 6.92 Å². The molecule has 0 radical (unpaired) electrons. The largest absolute Gasteiger partial charge is 0.426 e. The van der Waals surface area contributed by atoms with Gasteiger partial charge in [-0.1, -0.05) is 12.1 Å². The molecule has 0 fully saturated rings. The van der Waals surface area contributed by atoms with Crippen LogP contribution in [0.4, 0.5) is 4.39 Å². The molecule has 2 aromatic carbocycles. The summed E-state index contributed by atoms with van der Waals surface area (Å²) in [4.78, 5) is 19.8. The molecule has 0 aliphatic rings. The molecule has 0 aliphatic carbocycles. The minimum atomic E-state index is -0.415. The van der Waals surface area contributed by atoms with Crippen LogP contribution in [0.2, 0.25) is 0 Å². The fourth-order valence-corrected chi connectivity index (χ4v) is 2.04. The highest BCUT2D eigenvalue weighted by molar-refractivity contribution is 5.80. The number of carbonyl (C=O) groups is 1. The highest BCUT2D eigenvalue weighted by Gasteiger charge is 2.10. The van der Waals surface area contributed by atoms with Crippen LogP contribution in [0.15, 0.2) is 48.7 Å². The molecule has 1 aromatic heterocycles. The summed E-state index contributed by atoms with van der Waals surface area (Å²) in [6, 6.07) is 11.2. The molecule has 104 valence electrons. The van der Waals surface area contributed by atoms with Gasteiger partial charge in [-0.15, -0.1) is 0 Å². The molecule has 0 saturated carbocycles. The van der Waals surface area contributed by atoms with Gasteiger partial charge in [0.05, 0.1) is 22.9 Å². The smallest absolute Gasteiger partial charge is 0.308 e. The van der Waals surface area contributed by atoms with E-state index in [0.717, 1.165) is 0 Å². The number of halogens is 1. The zero-order valence-corrected chi connectivity index (χ0v) is 11.2. The first-order valence-corrected chi connectivity index (χ1v) is 6.33. The van der Waals surface area contributed by atoms with Gasteiger partial charge in [-0.25, -0.2) is 9.37 Å². The quantitative estimate of drug-likeness (QED) is 0.534. The van der Waals surface area contributed by atoms with Crippen molar-refractivity contribution in [2.24, 2.45) is 0 Å². The minimum absolute atomic E-state index is 0.373. The van der Waals surface area contributed by atoms with E-state index in [0.29, 0.717) is 28.0 Å². The first-order valence-electron chi connectivity index (χ1n) is 6.33. The van der Waals surface area contributed by atoms with E-state index in [-0.39, 0.29) is 5.82 Å². The Kier molecular flexibility index (Phi) is 3.31. The maximum absolute atomic E-state index is 13.3. The zero-order chi connectivity index (χ0) is 14.8. The van der Waals surface area contributed by atoms with Gasteiger partial charge >= 0.3 is 5.97 Å². The third kappa shape index (κ3) is 2.72. The molecule has 0 unspecified atom stereocenters. The van der Waals surface area contributed by atoms with Crippen molar-refractivity contribution >= 4 is 17.0 Å². The van der Waals surface area contributed by atoms with Gasteiger partial charge in [-0.3, -0.25) is 9.78 Å². The molecule has 3 rings (SSSR count). The summed E-state index contributed by atoms with van der Waals surface area (Å²) in [7, 11) is 0. The number of fused-ring (bicyclic) bond motifs is 1. The molecule has 0 amide bonds. The van der Waals surface area contributed by atoms with Crippen LogP contribution >= 0.6 is 0 Å². The number of carbonyl (C=O) groups excluding carboxylic acids is 1. The maximum atomic E-state index is 13.3.